The van der Waals surface area contributed by atoms with Crippen molar-refractivity contribution in [2.75, 3.05) is 39.3 Å². The predicted molar refractivity (Wildman–Crippen MR) is 99.3 cm³/mol. The summed E-state index contributed by atoms with van der Waals surface area (Å²) in [4.78, 5) is 16.9. The molecule has 138 valence electrons. The number of piperazine rings is 1. The molecular formula is C20H31N3O2. The molecule has 2 aliphatic rings. The number of aliphatic hydroxyl groups excluding tert-OH is 1. The van der Waals surface area contributed by atoms with Gasteiger partial charge in [0.2, 0.25) is 5.91 Å². The first kappa shape index (κ1) is 18.4. The molecule has 1 aliphatic heterocycles. The van der Waals surface area contributed by atoms with E-state index >= 15 is 0 Å². The molecule has 0 spiro atoms. The highest BCUT2D eigenvalue weighted by Gasteiger charge is 2.33. The van der Waals surface area contributed by atoms with Crippen LogP contribution in [0.15, 0.2) is 24.3 Å². The van der Waals surface area contributed by atoms with Gasteiger partial charge < -0.3 is 15.3 Å². The number of carbonyl (C=O) groups is 1. The molecule has 1 aromatic rings. The van der Waals surface area contributed by atoms with Gasteiger partial charge in [0, 0.05) is 38.3 Å². The molecule has 2 N–H and O–H groups in total. The zero-order valence-electron chi connectivity index (χ0n) is 15.3. The third-order valence-corrected chi connectivity index (χ3v) is 5.69. The van der Waals surface area contributed by atoms with Crippen LogP contribution >= 0.6 is 0 Å². The van der Waals surface area contributed by atoms with E-state index < -0.39 is 0 Å². The van der Waals surface area contributed by atoms with Gasteiger partial charge in [-0.15, -0.1) is 0 Å². The van der Waals surface area contributed by atoms with Gasteiger partial charge in [0.15, 0.2) is 0 Å². The second-order valence-corrected chi connectivity index (χ2v) is 7.65. The molecule has 1 aromatic carbocycles. The molecule has 0 aromatic heterocycles. The molecule has 1 heterocycles. The first-order valence-electron chi connectivity index (χ1n) is 9.52. The molecule has 1 amide bonds. The third kappa shape index (κ3) is 4.81. The summed E-state index contributed by atoms with van der Waals surface area (Å²) in [7, 11) is 0. The van der Waals surface area contributed by atoms with Crippen molar-refractivity contribution in [2.45, 2.75) is 44.7 Å². The summed E-state index contributed by atoms with van der Waals surface area (Å²) in [6.45, 7) is 6.97. The molecule has 2 fully saturated rings. The fraction of sp³-hybridized carbons (Fsp3) is 0.650. The minimum atomic E-state index is -0.220. The Morgan fingerprint density at radius 3 is 2.56 bits per heavy atom. The maximum absolute atomic E-state index is 12.5. The second-order valence-electron chi connectivity index (χ2n) is 7.65. The molecule has 0 atom stereocenters. The Morgan fingerprint density at radius 2 is 1.92 bits per heavy atom. The van der Waals surface area contributed by atoms with Crippen molar-refractivity contribution in [3.63, 3.8) is 0 Å². The van der Waals surface area contributed by atoms with Gasteiger partial charge in [0.1, 0.15) is 0 Å². The highest BCUT2D eigenvalue weighted by Crippen LogP contribution is 2.28. The van der Waals surface area contributed by atoms with E-state index in [-0.39, 0.29) is 18.1 Å². The van der Waals surface area contributed by atoms with Crippen molar-refractivity contribution in [3.05, 3.63) is 35.4 Å². The average Bonchev–Trinajstić information content (AvgIpc) is 3.10. The van der Waals surface area contributed by atoms with E-state index in [1.54, 1.807) is 0 Å². The summed E-state index contributed by atoms with van der Waals surface area (Å²) in [6, 6.07) is 8.63. The lowest BCUT2D eigenvalue weighted by Crippen LogP contribution is -2.54. The van der Waals surface area contributed by atoms with Crippen molar-refractivity contribution in [2.24, 2.45) is 0 Å². The molecule has 5 heteroatoms. The molecule has 5 nitrogen and oxygen atoms in total. The normalized spacial score (nSPS) is 20.8. The summed E-state index contributed by atoms with van der Waals surface area (Å²) in [5.74, 6) is 0.162. The topological polar surface area (TPSA) is 55.8 Å². The second kappa shape index (κ2) is 8.30. The fourth-order valence-electron chi connectivity index (χ4n) is 4.04. The van der Waals surface area contributed by atoms with Crippen LogP contribution < -0.4 is 5.32 Å². The molecule has 1 aliphatic carbocycles. The zero-order valence-corrected chi connectivity index (χ0v) is 15.3. The molecule has 25 heavy (non-hydrogen) atoms. The van der Waals surface area contributed by atoms with Gasteiger partial charge in [0.05, 0.1) is 13.2 Å². The third-order valence-electron chi connectivity index (χ3n) is 5.69. The standard InChI is InChI=1S/C20H31N3O2/c1-17-5-4-6-18(13-17)15-22-9-11-23(12-10-22)19(25)14-21-20(16-24)7-2-3-8-20/h4-6,13,21,24H,2-3,7-12,14-16H2,1H3. The van der Waals surface area contributed by atoms with Crippen molar-refractivity contribution >= 4 is 5.91 Å². The van der Waals surface area contributed by atoms with Gasteiger partial charge in [-0.3, -0.25) is 9.69 Å². The summed E-state index contributed by atoms with van der Waals surface area (Å²) < 4.78 is 0. The molecule has 1 saturated carbocycles. The van der Waals surface area contributed by atoms with Crippen LogP contribution in [-0.4, -0.2) is 65.7 Å². The summed E-state index contributed by atoms with van der Waals surface area (Å²) in [6.07, 6.45) is 4.22. The fourth-order valence-corrected chi connectivity index (χ4v) is 4.04. The zero-order chi connectivity index (χ0) is 17.7. The van der Waals surface area contributed by atoms with Crippen molar-refractivity contribution in [1.82, 2.24) is 15.1 Å². The van der Waals surface area contributed by atoms with Crippen molar-refractivity contribution < 1.29 is 9.90 Å². The van der Waals surface area contributed by atoms with Gasteiger partial charge >= 0.3 is 0 Å². The number of nitrogens with one attached hydrogen (secondary N) is 1. The Hall–Kier alpha value is -1.43. The van der Waals surface area contributed by atoms with E-state index in [9.17, 15) is 9.90 Å². The van der Waals surface area contributed by atoms with Crippen LogP contribution in [-0.2, 0) is 11.3 Å². The van der Waals surface area contributed by atoms with Gasteiger partial charge in [-0.05, 0) is 25.3 Å². The Balaban J connectivity index is 1.43. The summed E-state index contributed by atoms with van der Waals surface area (Å²) >= 11 is 0. The number of aryl methyl sites for hydroxylation is 1. The Kier molecular flexibility index (Phi) is 6.10. The first-order chi connectivity index (χ1) is 12.1. The molecule has 0 radical (unpaired) electrons. The van der Waals surface area contributed by atoms with Crippen LogP contribution in [0.4, 0.5) is 0 Å². The van der Waals surface area contributed by atoms with E-state index in [1.165, 1.54) is 11.1 Å². The van der Waals surface area contributed by atoms with E-state index in [4.69, 9.17) is 0 Å². The Labute approximate surface area is 151 Å². The predicted octanol–water partition coefficient (Wildman–Crippen LogP) is 1.53. The monoisotopic (exact) mass is 345 g/mol. The Bertz CT molecular complexity index is 576. The molecule has 1 saturated heterocycles. The number of hydrogen-bond donors (Lipinski definition) is 2. The first-order valence-corrected chi connectivity index (χ1v) is 9.52. The average molecular weight is 345 g/mol. The van der Waals surface area contributed by atoms with Gasteiger partial charge in [0.25, 0.3) is 0 Å². The summed E-state index contributed by atoms with van der Waals surface area (Å²) in [5.41, 5.74) is 2.41. The van der Waals surface area contributed by atoms with Crippen molar-refractivity contribution in [3.8, 4) is 0 Å². The van der Waals surface area contributed by atoms with E-state index in [0.717, 1.165) is 58.4 Å². The van der Waals surface area contributed by atoms with E-state index in [1.807, 2.05) is 4.90 Å². The van der Waals surface area contributed by atoms with Crippen LogP contribution in [0.2, 0.25) is 0 Å². The lowest BCUT2D eigenvalue weighted by molar-refractivity contribution is -0.132. The lowest BCUT2D eigenvalue weighted by atomic mass is 9.99. The highest BCUT2D eigenvalue weighted by molar-refractivity contribution is 5.78. The number of hydrogen-bond acceptors (Lipinski definition) is 4. The maximum atomic E-state index is 12.5. The van der Waals surface area contributed by atoms with Gasteiger partial charge in [-0.2, -0.15) is 0 Å². The quantitative estimate of drug-likeness (QED) is 0.821. The van der Waals surface area contributed by atoms with Crippen LogP contribution in [0.1, 0.15) is 36.8 Å². The SMILES string of the molecule is Cc1cccc(CN2CCN(C(=O)CNC3(CO)CCCC3)CC2)c1. The molecule has 0 unspecified atom stereocenters. The largest absolute Gasteiger partial charge is 0.394 e. The molecular weight excluding hydrogens is 314 g/mol. The minimum absolute atomic E-state index is 0.130. The van der Waals surface area contributed by atoms with Gasteiger partial charge in [-0.1, -0.05) is 42.7 Å². The van der Waals surface area contributed by atoms with Crippen LogP contribution in [0, 0.1) is 6.92 Å². The van der Waals surface area contributed by atoms with E-state index in [2.05, 4.69) is 41.4 Å². The summed E-state index contributed by atoms with van der Waals surface area (Å²) in [5, 5.41) is 13.0. The van der Waals surface area contributed by atoms with Gasteiger partial charge in [-0.25, -0.2) is 0 Å². The van der Waals surface area contributed by atoms with Crippen molar-refractivity contribution in [1.29, 1.82) is 0 Å². The molecule has 0 bridgehead atoms. The van der Waals surface area contributed by atoms with Crippen LogP contribution in [0.5, 0.6) is 0 Å². The smallest absolute Gasteiger partial charge is 0.236 e. The van der Waals surface area contributed by atoms with Crippen LogP contribution in [0.25, 0.3) is 0 Å². The lowest BCUT2D eigenvalue weighted by Gasteiger charge is -2.36. The minimum Gasteiger partial charge on any atom is -0.394 e. The number of benzene rings is 1. The number of aliphatic hydroxyl groups is 1. The molecule has 3 rings (SSSR count). The Morgan fingerprint density at radius 1 is 1.20 bits per heavy atom. The maximum Gasteiger partial charge on any atom is 0.236 e. The van der Waals surface area contributed by atoms with Crippen LogP contribution in [0.3, 0.4) is 0 Å². The highest BCUT2D eigenvalue weighted by atomic mass is 16.3. The number of carbonyl (C=O) groups excluding carboxylic acids is 1. The number of rotatable bonds is 6. The number of nitrogens with zero attached hydrogens (tertiary/aromatic N) is 2. The van der Waals surface area contributed by atoms with E-state index in [0.29, 0.717) is 6.54 Å². The number of amides is 1.